The van der Waals surface area contributed by atoms with Gasteiger partial charge in [0.15, 0.2) is 0 Å². The lowest BCUT2D eigenvalue weighted by Gasteiger charge is -2.27. The molecule has 1 N–H and O–H groups in total. The number of fused-ring (bicyclic) bond motifs is 1. The molecule has 3 rings (SSSR count). The number of hydrogen-bond donors (Lipinski definition) is 1. The van der Waals surface area contributed by atoms with E-state index in [9.17, 15) is 4.79 Å². The summed E-state index contributed by atoms with van der Waals surface area (Å²) in [5.74, 6) is 3.04. The highest BCUT2D eigenvalue weighted by Gasteiger charge is 2.32. The maximum atomic E-state index is 12.9. The van der Waals surface area contributed by atoms with Crippen LogP contribution < -0.4 is 10.1 Å². The summed E-state index contributed by atoms with van der Waals surface area (Å²) in [6.45, 7) is 7.78. The SMILES string of the molecule is C#Cc1cc(C)c2c(C)cc(OC(SC)C(=O)NC(C)(C)c3nocc3Br)cc2c1. The fraction of sp³-hybridized carbons (Fsp3) is 0.304. The smallest absolute Gasteiger partial charge is 0.272 e. The van der Waals surface area contributed by atoms with E-state index in [2.05, 4.69) is 32.3 Å². The van der Waals surface area contributed by atoms with Crippen molar-refractivity contribution in [2.75, 3.05) is 6.26 Å². The molecule has 0 spiro atoms. The van der Waals surface area contributed by atoms with Gasteiger partial charge in [0.25, 0.3) is 5.91 Å². The number of ether oxygens (including phenoxy) is 1. The summed E-state index contributed by atoms with van der Waals surface area (Å²) >= 11 is 4.71. The number of rotatable bonds is 6. The van der Waals surface area contributed by atoms with Crippen LogP contribution in [0.4, 0.5) is 0 Å². The Balaban J connectivity index is 1.86. The molecule has 0 radical (unpaired) electrons. The third-order valence-corrected chi connectivity index (χ3v) is 6.11. The Kier molecular flexibility index (Phi) is 6.49. The summed E-state index contributed by atoms with van der Waals surface area (Å²) in [4.78, 5) is 12.9. The van der Waals surface area contributed by atoms with Crippen LogP contribution in [0, 0.1) is 26.2 Å². The van der Waals surface area contributed by atoms with Crippen molar-refractivity contribution in [2.45, 2.75) is 38.7 Å². The van der Waals surface area contributed by atoms with Crippen LogP contribution in [0.15, 0.2) is 39.5 Å². The molecule has 0 saturated heterocycles. The van der Waals surface area contributed by atoms with Crippen LogP contribution in [0.3, 0.4) is 0 Å². The minimum Gasteiger partial charge on any atom is -0.470 e. The second kappa shape index (κ2) is 8.75. The molecular weight excluding hydrogens is 464 g/mol. The number of aromatic nitrogens is 1. The van der Waals surface area contributed by atoms with Gasteiger partial charge in [-0.3, -0.25) is 4.79 Å². The van der Waals surface area contributed by atoms with E-state index in [1.54, 1.807) is 0 Å². The molecule has 3 aromatic rings. The Hall–Kier alpha value is -2.43. The minimum atomic E-state index is -0.738. The van der Waals surface area contributed by atoms with Gasteiger partial charge in [0.2, 0.25) is 5.44 Å². The Bertz CT molecular complexity index is 1150. The van der Waals surface area contributed by atoms with Gasteiger partial charge in [0, 0.05) is 5.56 Å². The zero-order valence-corrected chi connectivity index (χ0v) is 19.9. The predicted molar refractivity (Wildman–Crippen MR) is 125 cm³/mol. The molecule has 1 heterocycles. The molecule has 0 aliphatic carbocycles. The van der Waals surface area contributed by atoms with Crippen LogP contribution >= 0.6 is 27.7 Å². The summed E-state index contributed by atoms with van der Waals surface area (Å²) < 4.78 is 11.7. The van der Waals surface area contributed by atoms with Crippen LogP contribution in [0.25, 0.3) is 10.8 Å². The normalized spacial score (nSPS) is 12.4. The second-order valence-electron chi connectivity index (χ2n) is 7.59. The van der Waals surface area contributed by atoms with Crippen molar-refractivity contribution in [3.63, 3.8) is 0 Å². The maximum absolute atomic E-state index is 12.9. The fourth-order valence-corrected chi connectivity index (χ4v) is 4.63. The lowest BCUT2D eigenvalue weighted by molar-refractivity contribution is -0.126. The molecule has 0 aliphatic rings. The molecule has 0 bridgehead atoms. The largest absolute Gasteiger partial charge is 0.470 e. The molecule has 0 aliphatic heterocycles. The van der Waals surface area contributed by atoms with Gasteiger partial charge in [-0.05, 0) is 96.0 Å². The van der Waals surface area contributed by atoms with Gasteiger partial charge in [-0.2, -0.15) is 0 Å². The number of thioether (sulfide) groups is 1. The van der Waals surface area contributed by atoms with Crippen molar-refractivity contribution in [1.29, 1.82) is 0 Å². The highest BCUT2D eigenvalue weighted by molar-refractivity contribution is 9.10. The van der Waals surface area contributed by atoms with Crippen molar-refractivity contribution in [3.05, 3.63) is 57.4 Å². The lowest BCUT2D eigenvalue weighted by Crippen LogP contribution is -2.47. The first-order chi connectivity index (χ1) is 14.2. The van der Waals surface area contributed by atoms with E-state index in [0.29, 0.717) is 15.9 Å². The molecule has 1 amide bonds. The maximum Gasteiger partial charge on any atom is 0.272 e. The van der Waals surface area contributed by atoms with Crippen LogP contribution in [0.1, 0.15) is 36.2 Å². The van der Waals surface area contributed by atoms with Gasteiger partial charge in [-0.1, -0.05) is 11.1 Å². The van der Waals surface area contributed by atoms with E-state index in [-0.39, 0.29) is 5.91 Å². The van der Waals surface area contributed by atoms with Crippen molar-refractivity contribution in [2.24, 2.45) is 0 Å². The van der Waals surface area contributed by atoms with Gasteiger partial charge in [0.05, 0.1) is 10.0 Å². The van der Waals surface area contributed by atoms with Crippen LogP contribution in [-0.2, 0) is 10.3 Å². The van der Waals surface area contributed by atoms with E-state index >= 15 is 0 Å². The molecule has 156 valence electrons. The van der Waals surface area contributed by atoms with Crippen molar-refractivity contribution >= 4 is 44.4 Å². The summed E-state index contributed by atoms with van der Waals surface area (Å²) in [6, 6.07) is 7.83. The quantitative estimate of drug-likeness (QED) is 0.377. The van der Waals surface area contributed by atoms with Crippen LogP contribution in [-0.4, -0.2) is 22.8 Å². The number of terminal acetylenes is 1. The molecule has 1 aromatic heterocycles. The topological polar surface area (TPSA) is 64.4 Å². The van der Waals surface area contributed by atoms with Crippen molar-refractivity contribution in [3.8, 4) is 18.1 Å². The van der Waals surface area contributed by atoms with Gasteiger partial charge >= 0.3 is 0 Å². The Morgan fingerprint density at radius 3 is 2.60 bits per heavy atom. The molecule has 0 fully saturated rings. The zero-order valence-electron chi connectivity index (χ0n) is 17.5. The van der Waals surface area contributed by atoms with Crippen molar-refractivity contribution < 1.29 is 14.1 Å². The first kappa shape index (κ1) is 22.3. The van der Waals surface area contributed by atoms with Crippen molar-refractivity contribution in [1.82, 2.24) is 10.5 Å². The predicted octanol–water partition coefficient (Wildman–Crippen LogP) is 5.31. The van der Waals surface area contributed by atoms with Gasteiger partial charge in [-0.25, -0.2) is 0 Å². The Morgan fingerprint density at radius 2 is 2.00 bits per heavy atom. The van der Waals surface area contributed by atoms with E-state index in [4.69, 9.17) is 15.7 Å². The second-order valence-corrected chi connectivity index (χ2v) is 9.34. The highest BCUT2D eigenvalue weighted by atomic mass is 79.9. The number of carbonyl (C=O) groups is 1. The summed E-state index contributed by atoms with van der Waals surface area (Å²) in [6.07, 6.45) is 8.90. The average molecular weight is 487 g/mol. The standard InChI is InChI=1S/C23H23BrN2O3S/c1-7-15-8-13(2)19-14(3)9-17(11-16(19)10-15)29-22(30-6)21(27)25-23(4,5)20-18(24)12-28-26-20/h1,8-12,22H,2-6H3,(H,25,27). The average Bonchev–Trinajstić information content (AvgIpc) is 3.11. The monoisotopic (exact) mass is 486 g/mol. The summed E-state index contributed by atoms with van der Waals surface area (Å²) in [5.41, 5.74) is 2.13. The Labute approximate surface area is 189 Å². The van der Waals surface area contributed by atoms with E-state index < -0.39 is 11.0 Å². The Morgan fingerprint density at radius 1 is 1.30 bits per heavy atom. The number of carbonyl (C=O) groups excluding carboxylic acids is 1. The number of nitrogens with zero attached hydrogens (tertiary/aromatic N) is 1. The first-order valence-corrected chi connectivity index (χ1v) is 11.4. The molecule has 5 nitrogen and oxygen atoms in total. The number of aryl methyl sites for hydroxylation is 2. The molecule has 2 aromatic carbocycles. The minimum absolute atomic E-state index is 0.256. The third-order valence-electron chi connectivity index (χ3n) is 4.81. The molecule has 30 heavy (non-hydrogen) atoms. The zero-order chi connectivity index (χ0) is 22.1. The van der Waals surface area contributed by atoms with Gasteiger partial charge in [-0.15, -0.1) is 18.2 Å². The van der Waals surface area contributed by atoms with Gasteiger partial charge in [0.1, 0.15) is 17.7 Å². The summed E-state index contributed by atoms with van der Waals surface area (Å²) in [7, 11) is 0. The van der Waals surface area contributed by atoms with Crippen LogP contribution in [0.5, 0.6) is 5.75 Å². The number of benzene rings is 2. The van der Waals surface area contributed by atoms with E-state index in [1.807, 2.05) is 58.2 Å². The molecule has 1 atom stereocenters. The third kappa shape index (κ3) is 4.50. The van der Waals surface area contributed by atoms with Gasteiger partial charge < -0.3 is 14.6 Å². The van der Waals surface area contributed by atoms with E-state index in [0.717, 1.165) is 27.5 Å². The number of halogens is 1. The molecule has 1 unspecified atom stereocenters. The highest BCUT2D eigenvalue weighted by Crippen LogP contribution is 2.31. The number of nitrogens with one attached hydrogen (secondary N) is 1. The fourth-order valence-electron chi connectivity index (χ4n) is 3.49. The molecular formula is C23H23BrN2O3S. The molecule has 7 heteroatoms. The lowest BCUT2D eigenvalue weighted by atomic mass is 9.98. The van der Waals surface area contributed by atoms with Crippen LogP contribution in [0.2, 0.25) is 0 Å². The molecule has 0 saturated carbocycles. The first-order valence-electron chi connectivity index (χ1n) is 9.29. The number of hydrogen-bond acceptors (Lipinski definition) is 5. The number of amides is 1. The summed E-state index contributed by atoms with van der Waals surface area (Å²) in [5, 5.41) is 9.10. The van der Waals surface area contributed by atoms with E-state index in [1.165, 1.54) is 18.0 Å².